The average molecular weight is 448 g/mol. The maximum absolute atomic E-state index is 12.4. The molecule has 2 rings (SSSR count). The van der Waals surface area contributed by atoms with Crippen LogP contribution < -0.4 is 22.0 Å². The summed E-state index contributed by atoms with van der Waals surface area (Å²) in [6, 6.07) is 15.5. The van der Waals surface area contributed by atoms with Gasteiger partial charge in [-0.3, -0.25) is 20.3 Å². The molecule has 0 saturated carbocycles. The van der Waals surface area contributed by atoms with Crippen LogP contribution in [0.25, 0.3) is 0 Å². The number of urea groups is 1. The summed E-state index contributed by atoms with van der Waals surface area (Å²) in [5.74, 6) is 3.68. The molecule has 168 valence electrons. The summed E-state index contributed by atoms with van der Waals surface area (Å²) in [7, 11) is 0. The average Bonchev–Trinajstić information content (AvgIpc) is 2.81. The van der Waals surface area contributed by atoms with Crippen LogP contribution in [0.3, 0.4) is 0 Å². The molecule has 0 bridgehead atoms. The van der Waals surface area contributed by atoms with Crippen molar-refractivity contribution in [1.29, 1.82) is 10.5 Å². The molecule has 5 N–H and O–H groups in total. The van der Waals surface area contributed by atoms with Crippen molar-refractivity contribution in [3.8, 4) is 12.1 Å². The minimum Gasteiger partial charge on any atom is -0.326 e. The molecule has 0 radical (unpaired) electrons. The summed E-state index contributed by atoms with van der Waals surface area (Å²) in [6.45, 7) is 0. The van der Waals surface area contributed by atoms with Gasteiger partial charge in [0.15, 0.2) is 0 Å². The highest BCUT2D eigenvalue weighted by Gasteiger charge is 2.20. The summed E-state index contributed by atoms with van der Waals surface area (Å²) in [5.41, 5.74) is 5.61. The highest BCUT2D eigenvalue weighted by molar-refractivity contribution is 5.98. The van der Waals surface area contributed by atoms with Crippen LogP contribution in [0.4, 0.5) is 16.2 Å². The molecule has 0 heterocycles. The number of nitrogens with one attached hydrogen (secondary N) is 3. The number of hydrogen-bond donors (Lipinski definition) is 4. The fraction of sp³-hybridized carbons (Fsp3) is 0.190. The first-order valence-corrected chi connectivity index (χ1v) is 9.60. The van der Waals surface area contributed by atoms with Gasteiger partial charge in [-0.05, 0) is 23.6 Å². The molecule has 1 unspecified atom stereocenters. The number of benzene rings is 2. The van der Waals surface area contributed by atoms with Crippen LogP contribution in [0.1, 0.15) is 29.9 Å². The number of nitro groups is 1. The van der Waals surface area contributed by atoms with E-state index in [2.05, 4.69) is 21.9 Å². The molecule has 0 spiro atoms. The van der Waals surface area contributed by atoms with Gasteiger partial charge in [0.25, 0.3) is 5.69 Å². The van der Waals surface area contributed by atoms with Gasteiger partial charge in [-0.15, -0.1) is 0 Å². The fourth-order valence-corrected chi connectivity index (χ4v) is 2.84. The van der Waals surface area contributed by atoms with Crippen molar-refractivity contribution < 1.29 is 14.5 Å². The monoisotopic (exact) mass is 448 g/mol. The van der Waals surface area contributed by atoms with Crippen molar-refractivity contribution in [2.24, 2.45) is 10.9 Å². The second-order valence-electron chi connectivity index (χ2n) is 6.68. The van der Waals surface area contributed by atoms with Crippen LogP contribution in [0.5, 0.6) is 0 Å². The number of nitriles is 2. The van der Waals surface area contributed by atoms with Gasteiger partial charge in [0.2, 0.25) is 5.91 Å². The standard InChI is InChI=1S/C21H20N8O4/c22-11-10-14-4-6-15(7-5-14)18(13-23)19(27-28-21(31)26-24)8-9-20(30)25-16-2-1-3-17(12-16)29(32)33/h1-7,12,18H,8-10,24H2,(H,25,30)(H2,26,28,31)/b27-19-. The molecule has 0 saturated heterocycles. The highest BCUT2D eigenvalue weighted by atomic mass is 16.6. The predicted molar refractivity (Wildman–Crippen MR) is 118 cm³/mol. The molecule has 3 amide bonds. The molecule has 12 nitrogen and oxygen atoms in total. The molecule has 2 aromatic rings. The highest BCUT2D eigenvalue weighted by Crippen LogP contribution is 2.21. The Balaban J connectivity index is 2.17. The Kier molecular flexibility index (Phi) is 9.00. The zero-order chi connectivity index (χ0) is 24.2. The Morgan fingerprint density at radius 2 is 1.88 bits per heavy atom. The Morgan fingerprint density at radius 1 is 1.15 bits per heavy atom. The summed E-state index contributed by atoms with van der Waals surface area (Å²) in [5, 5.41) is 35.9. The second kappa shape index (κ2) is 12.1. The number of nitro benzene ring substituents is 1. The van der Waals surface area contributed by atoms with Gasteiger partial charge in [-0.1, -0.05) is 30.3 Å². The van der Waals surface area contributed by atoms with Crippen LogP contribution in [-0.2, 0) is 11.2 Å². The SMILES string of the molecule is N#CCc1ccc(C(C#N)/C(CCC(=O)Nc2cccc([N+](=O)[O-])c2)=N\NC(=O)NN)cc1. The lowest BCUT2D eigenvalue weighted by Gasteiger charge is -2.14. The topological polar surface area (TPSA) is 199 Å². The van der Waals surface area contributed by atoms with Crippen LogP contribution in [0.15, 0.2) is 53.6 Å². The molecule has 0 aliphatic carbocycles. The van der Waals surface area contributed by atoms with Crippen molar-refractivity contribution in [3.63, 3.8) is 0 Å². The molecule has 2 aromatic carbocycles. The summed E-state index contributed by atoms with van der Waals surface area (Å²) in [4.78, 5) is 34.1. The van der Waals surface area contributed by atoms with Crippen LogP contribution in [-0.4, -0.2) is 22.6 Å². The van der Waals surface area contributed by atoms with Crippen molar-refractivity contribution >= 4 is 29.0 Å². The first kappa shape index (κ1) is 24.5. The van der Waals surface area contributed by atoms with Crippen molar-refractivity contribution in [2.45, 2.75) is 25.2 Å². The molecule has 0 fully saturated rings. The summed E-state index contributed by atoms with van der Waals surface area (Å²) < 4.78 is 0. The number of nitrogens with zero attached hydrogens (tertiary/aromatic N) is 4. The van der Waals surface area contributed by atoms with Gasteiger partial charge in [0, 0.05) is 24.2 Å². The van der Waals surface area contributed by atoms with E-state index in [1.165, 1.54) is 24.3 Å². The number of nitrogens with two attached hydrogens (primary N) is 1. The number of hydrogen-bond acceptors (Lipinski definition) is 8. The molecular weight excluding hydrogens is 428 g/mol. The quantitative estimate of drug-likeness (QED) is 0.148. The van der Waals surface area contributed by atoms with E-state index in [4.69, 9.17) is 11.1 Å². The van der Waals surface area contributed by atoms with Crippen molar-refractivity contribution in [2.75, 3.05) is 5.32 Å². The first-order chi connectivity index (χ1) is 15.9. The third kappa shape index (κ3) is 7.43. The van der Waals surface area contributed by atoms with E-state index in [9.17, 15) is 25.0 Å². The molecule has 12 heteroatoms. The van der Waals surface area contributed by atoms with Crippen molar-refractivity contribution in [3.05, 3.63) is 69.8 Å². The Morgan fingerprint density at radius 3 is 2.48 bits per heavy atom. The maximum Gasteiger partial charge on any atom is 0.349 e. The smallest absolute Gasteiger partial charge is 0.326 e. The Bertz CT molecular complexity index is 1130. The van der Waals surface area contributed by atoms with Gasteiger partial charge >= 0.3 is 6.03 Å². The zero-order valence-electron chi connectivity index (χ0n) is 17.3. The van der Waals surface area contributed by atoms with E-state index in [1.807, 2.05) is 11.5 Å². The van der Waals surface area contributed by atoms with Crippen LogP contribution in [0.2, 0.25) is 0 Å². The Hall–Kier alpha value is -4.81. The minimum absolute atomic E-state index is 0.00376. The van der Waals surface area contributed by atoms with Gasteiger partial charge in [-0.2, -0.15) is 15.6 Å². The number of anilines is 1. The van der Waals surface area contributed by atoms with Crippen LogP contribution in [0, 0.1) is 32.8 Å². The number of hydrazone groups is 1. The first-order valence-electron chi connectivity index (χ1n) is 9.60. The number of carbonyl (C=O) groups excluding carboxylic acids is 2. The Labute approximate surface area is 188 Å². The number of amides is 3. The third-order valence-corrected chi connectivity index (χ3v) is 4.44. The number of carbonyl (C=O) groups is 2. The number of hydrazine groups is 1. The molecule has 1 atom stereocenters. The van der Waals surface area contributed by atoms with Gasteiger partial charge in [-0.25, -0.2) is 16.1 Å². The zero-order valence-corrected chi connectivity index (χ0v) is 17.3. The largest absolute Gasteiger partial charge is 0.349 e. The predicted octanol–water partition coefficient (Wildman–Crippen LogP) is 2.22. The normalized spacial score (nSPS) is 11.4. The summed E-state index contributed by atoms with van der Waals surface area (Å²) in [6.07, 6.45) is 0.108. The lowest BCUT2D eigenvalue weighted by Crippen LogP contribution is -2.38. The molecular formula is C21H20N8O4. The van der Waals surface area contributed by atoms with E-state index in [0.717, 1.165) is 5.56 Å². The van der Waals surface area contributed by atoms with E-state index in [1.54, 1.807) is 24.3 Å². The lowest BCUT2D eigenvalue weighted by molar-refractivity contribution is -0.384. The van der Waals surface area contributed by atoms with Crippen molar-refractivity contribution in [1.82, 2.24) is 10.9 Å². The van der Waals surface area contributed by atoms with E-state index >= 15 is 0 Å². The van der Waals surface area contributed by atoms with E-state index in [-0.39, 0.29) is 36.3 Å². The number of non-ortho nitro benzene ring substituents is 1. The summed E-state index contributed by atoms with van der Waals surface area (Å²) >= 11 is 0. The van der Waals surface area contributed by atoms with Crippen LogP contribution >= 0.6 is 0 Å². The van der Waals surface area contributed by atoms with Gasteiger partial charge in [0.05, 0.1) is 29.2 Å². The maximum atomic E-state index is 12.4. The van der Waals surface area contributed by atoms with E-state index < -0.39 is 22.8 Å². The molecule has 33 heavy (non-hydrogen) atoms. The minimum atomic E-state index is -0.884. The molecule has 0 aromatic heterocycles. The molecule has 0 aliphatic heterocycles. The van der Waals surface area contributed by atoms with Gasteiger partial charge in [0.1, 0.15) is 5.92 Å². The fourth-order valence-electron chi connectivity index (χ4n) is 2.84. The molecule has 0 aliphatic rings. The van der Waals surface area contributed by atoms with Gasteiger partial charge < -0.3 is 5.32 Å². The van der Waals surface area contributed by atoms with E-state index in [0.29, 0.717) is 5.56 Å². The third-order valence-electron chi connectivity index (χ3n) is 4.44. The lowest BCUT2D eigenvalue weighted by atomic mass is 9.92. The number of rotatable bonds is 9. The second-order valence-corrected chi connectivity index (χ2v) is 6.68.